The zero-order valence-corrected chi connectivity index (χ0v) is 17.4. The molecule has 3 aromatic rings. The van der Waals surface area contributed by atoms with Crippen LogP contribution in [0.15, 0.2) is 91.5 Å². The summed E-state index contributed by atoms with van der Waals surface area (Å²) in [6, 6.07) is 27.6. The molecule has 0 fully saturated rings. The fourth-order valence-corrected chi connectivity index (χ4v) is 3.03. The molecule has 0 saturated heterocycles. The SMILES string of the molecule is C=CCc1ccc(CCc2ccc(OC(C)c3ccccc3)cc2)cc1.CC. The van der Waals surface area contributed by atoms with E-state index in [0.717, 1.165) is 25.0 Å². The lowest BCUT2D eigenvalue weighted by Gasteiger charge is -2.15. The normalized spacial score (nSPS) is 11.1. The van der Waals surface area contributed by atoms with Gasteiger partial charge < -0.3 is 4.74 Å². The summed E-state index contributed by atoms with van der Waals surface area (Å²) in [5.74, 6) is 0.916. The predicted molar refractivity (Wildman–Crippen MR) is 121 cm³/mol. The third-order valence-corrected chi connectivity index (χ3v) is 4.61. The standard InChI is InChI=1S/C25H26O.C2H6/c1-3-7-21-10-12-22(13-11-21)14-15-23-16-18-25(19-17-23)26-20(2)24-8-5-4-6-9-24;1-2/h3-6,8-13,16-20H,1,7,14-15H2,2H3;1-2H3. The van der Waals surface area contributed by atoms with Gasteiger partial charge in [-0.3, -0.25) is 0 Å². The summed E-state index contributed by atoms with van der Waals surface area (Å²) in [7, 11) is 0. The second kappa shape index (κ2) is 11.8. The molecular weight excluding hydrogens is 340 g/mol. The number of hydrogen-bond acceptors (Lipinski definition) is 1. The molecule has 0 aliphatic carbocycles. The van der Waals surface area contributed by atoms with Crippen molar-refractivity contribution in [3.63, 3.8) is 0 Å². The highest BCUT2D eigenvalue weighted by molar-refractivity contribution is 5.30. The van der Waals surface area contributed by atoms with Crippen molar-refractivity contribution in [3.05, 3.63) is 114 Å². The molecule has 3 aromatic carbocycles. The van der Waals surface area contributed by atoms with Gasteiger partial charge in [-0.2, -0.15) is 0 Å². The van der Waals surface area contributed by atoms with Gasteiger partial charge in [0.1, 0.15) is 11.9 Å². The molecule has 1 heteroatoms. The van der Waals surface area contributed by atoms with Gasteiger partial charge in [0.15, 0.2) is 0 Å². The Balaban J connectivity index is 0.00000136. The lowest BCUT2D eigenvalue weighted by molar-refractivity contribution is 0.227. The van der Waals surface area contributed by atoms with E-state index in [2.05, 4.69) is 74.2 Å². The van der Waals surface area contributed by atoms with Crippen LogP contribution in [0.1, 0.15) is 49.1 Å². The zero-order chi connectivity index (χ0) is 20.2. The zero-order valence-electron chi connectivity index (χ0n) is 17.4. The first kappa shape index (κ1) is 21.5. The molecule has 0 spiro atoms. The topological polar surface area (TPSA) is 9.23 Å². The van der Waals surface area contributed by atoms with Crippen molar-refractivity contribution in [3.8, 4) is 5.75 Å². The fraction of sp³-hybridized carbons (Fsp3) is 0.259. The van der Waals surface area contributed by atoms with E-state index in [-0.39, 0.29) is 6.10 Å². The first-order valence-corrected chi connectivity index (χ1v) is 10.2. The van der Waals surface area contributed by atoms with Crippen LogP contribution in [0, 0.1) is 0 Å². The van der Waals surface area contributed by atoms with E-state index in [4.69, 9.17) is 4.74 Å². The number of rotatable bonds is 8. The molecule has 0 bridgehead atoms. The van der Waals surface area contributed by atoms with Crippen LogP contribution in [0.2, 0.25) is 0 Å². The summed E-state index contributed by atoms with van der Waals surface area (Å²) in [5.41, 5.74) is 5.21. The Bertz CT molecular complexity index is 801. The highest BCUT2D eigenvalue weighted by atomic mass is 16.5. The molecule has 1 unspecified atom stereocenters. The second-order valence-electron chi connectivity index (χ2n) is 6.62. The van der Waals surface area contributed by atoms with E-state index in [9.17, 15) is 0 Å². The summed E-state index contributed by atoms with van der Waals surface area (Å²) in [5, 5.41) is 0. The molecular formula is C27H32O. The maximum absolute atomic E-state index is 6.05. The Hall–Kier alpha value is -2.80. The van der Waals surface area contributed by atoms with Crippen molar-refractivity contribution < 1.29 is 4.74 Å². The molecule has 0 saturated carbocycles. The summed E-state index contributed by atoms with van der Waals surface area (Å²) in [6.07, 6.45) is 5.02. The minimum atomic E-state index is 0.0520. The maximum atomic E-state index is 6.05. The van der Waals surface area contributed by atoms with Crippen LogP contribution in [0.3, 0.4) is 0 Å². The highest BCUT2D eigenvalue weighted by Gasteiger charge is 2.06. The molecule has 0 amide bonds. The minimum absolute atomic E-state index is 0.0520. The third kappa shape index (κ3) is 6.74. The van der Waals surface area contributed by atoms with Crippen LogP contribution >= 0.6 is 0 Å². The van der Waals surface area contributed by atoms with Crippen molar-refractivity contribution in [2.75, 3.05) is 0 Å². The number of ether oxygens (including phenoxy) is 1. The molecule has 146 valence electrons. The van der Waals surface area contributed by atoms with Crippen LogP contribution in [0.5, 0.6) is 5.75 Å². The molecule has 28 heavy (non-hydrogen) atoms. The van der Waals surface area contributed by atoms with Crippen molar-refractivity contribution in [2.45, 2.75) is 46.1 Å². The van der Waals surface area contributed by atoms with Crippen LogP contribution in [-0.2, 0) is 19.3 Å². The van der Waals surface area contributed by atoms with Gasteiger partial charge in [-0.15, -0.1) is 6.58 Å². The van der Waals surface area contributed by atoms with Crippen molar-refractivity contribution in [1.29, 1.82) is 0 Å². The van der Waals surface area contributed by atoms with Gasteiger partial charge in [0.05, 0.1) is 0 Å². The number of allylic oxidation sites excluding steroid dienone is 1. The molecule has 0 aliphatic rings. The molecule has 0 N–H and O–H groups in total. The first-order valence-electron chi connectivity index (χ1n) is 10.2. The Morgan fingerprint density at radius 3 is 1.79 bits per heavy atom. The summed E-state index contributed by atoms with van der Waals surface area (Å²) < 4.78 is 6.05. The number of hydrogen-bond donors (Lipinski definition) is 0. The predicted octanol–water partition coefficient (Wildman–Crippen LogP) is 7.37. The van der Waals surface area contributed by atoms with Crippen molar-refractivity contribution in [1.82, 2.24) is 0 Å². The molecule has 1 atom stereocenters. The second-order valence-corrected chi connectivity index (χ2v) is 6.62. The van der Waals surface area contributed by atoms with Crippen LogP contribution in [0.4, 0.5) is 0 Å². The lowest BCUT2D eigenvalue weighted by Crippen LogP contribution is -2.02. The van der Waals surface area contributed by atoms with Gasteiger partial charge in [-0.25, -0.2) is 0 Å². The summed E-state index contributed by atoms with van der Waals surface area (Å²) in [4.78, 5) is 0. The van der Waals surface area contributed by atoms with Gasteiger partial charge in [0, 0.05) is 0 Å². The molecule has 0 heterocycles. The highest BCUT2D eigenvalue weighted by Crippen LogP contribution is 2.22. The molecule has 0 radical (unpaired) electrons. The van der Waals surface area contributed by atoms with Crippen LogP contribution < -0.4 is 4.74 Å². The smallest absolute Gasteiger partial charge is 0.121 e. The summed E-state index contributed by atoms with van der Waals surface area (Å²) >= 11 is 0. The average Bonchev–Trinajstić information content (AvgIpc) is 2.76. The first-order chi connectivity index (χ1) is 13.7. The monoisotopic (exact) mass is 372 g/mol. The third-order valence-electron chi connectivity index (χ3n) is 4.61. The van der Waals surface area contributed by atoms with E-state index in [1.807, 2.05) is 38.1 Å². The van der Waals surface area contributed by atoms with Gasteiger partial charge in [-0.05, 0) is 60.6 Å². The summed E-state index contributed by atoms with van der Waals surface area (Å²) in [6.45, 7) is 9.87. The Labute approximate surface area is 170 Å². The van der Waals surface area contributed by atoms with Crippen LogP contribution in [-0.4, -0.2) is 0 Å². The van der Waals surface area contributed by atoms with E-state index in [1.165, 1.54) is 22.3 Å². The van der Waals surface area contributed by atoms with Crippen molar-refractivity contribution >= 4 is 0 Å². The van der Waals surface area contributed by atoms with E-state index in [0.29, 0.717) is 0 Å². The van der Waals surface area contributed by atoms with E-state index in [1.54, 1.807) is 0 Å². The molecule has 1 nitrogen and oxygen atoms in total. The molecule has 0 aliphatic heterocycles. The van der Waals surface area contributed by atoms with Gasteiger partial charge in [0.2, 0.25) is 0 Å². The van der Waals surface area contributed by atoms with Crippen LogP contribution in [0.25, 0.3) is 0 Å². The number of aryl methyl sites for hydroxylation is 2. The maximum Gasteiger partial charge on any atom is 0.121 e. The van der Waals surface area contributed by atoms with E-state index >= 15 is 0 Å². The number of benzene rings is 3. The van der Waals surface area contributed by atoms with Crippen molar-refractivity contribution in [2.24, 2.45) is 0 Å². The minimum Gasteiger partial charge on any atom is -0.486 e. The quantitative estimate of drug-likeness (QED) is 0.375. The fourth-order valence-electron chi connectivity index (χ4n) is 3.03. The van der Waals surface area contributed by atoms with Gasteiger partial charge in [0.25, 0.3) is 0 Å². The van der Waals surface area contributed by atoms with Gasteiger partial charge >= 0.3 is 0 Å². The Morgan fingerprint density at radius 1 is 0.750 bits per heavy atom. The van der Waals surface area contributed by atoms with Gasteiger partial charge in [-0.1, -0.05) is 86.7 Å². The lowest BCUT2D eigenvalue weighted by atomic mass is 10.0. The average molecular weight is 373 g/mol. The molecule has 3 rings (SSSR count). The Kier molecular flexibility index (Phi) is 9.07. The molecule has 0 aromatic heterocycles. The Morgan fingerprint density at radius 2 is 1.25 bits per heavy atom. The van der Waals surface area contributed by atoms with E-state index < -0.39 is 0 Å². The largest absolute Gasteiger partial charge is 0.486 e.